The number of piperidine rings is 1. The number of rotatable bonds is 5. The molecule has 0 aliphatic carbocycles. The van der Waals surface area contributed by atoms with Gasteiger partial charge in [0.05, 0.1) is 4.92 Å². The van der Waals surface area contributed by atoms with E-state index in [0.717, 1.165) is 63.3 Å². The smallest absolute Gasteiger partial charge is 0.269 e. The van der Waals surface area contributed by atoms with Crippen molar-refractivity contribution < 1.29 is 4.92 Å². The van der Waals surface area contributed by atoms with Gasteiger partial charge in [0.25, 0.3) is 5.69 Å². The number of hydrogen-bond acceptors (Lipinski definition) is 5. The van der Waals surface area contributed by atoms with E-state index in [9.17, 15) is 10.1 Å². The number of nitro benzene ring substituents is 1. The van der Waals surface area contributed by atoms with Crippen LogP contribution < -0.4 is 0 Å². The predicted molar refractivity (Wildman–Crippen MR) is 93.6 cm³/mol. The molecule has 1 saturated heterocycles. The molecule has 2 aliphatic rings. The van der Waals surface area contributed by atoms with Gasteiger partial charge in [0.15, 0.2) is 0 Å². The number of non-ortho nitro benzene ring substituents is 1. The van der Waals surface area contributed by atoms with E-state index in [1.165, 1.54) is 12.2 Å². The Hall–Kier alpha value is -2.28. The standard InChI is InChI=1S/C18H23N5O2/c24-23(25)16-5-3-14(4-6-16)7-11-21-12-8-15(9-13-21)18-20-19-17-2-1-10-22(17)18/h3-6,15H,1-2,7-13H2. The first-order valence-corrected chi connectivity index (χ1v) is 9.08. The summed E-state index contributed by atoms with van der Waals surface area (Å²) in [5, 5.41) is 19.5. The minimum absolute atomic E-state index is 0.158. The molecule has 0 unspecified atom stereocenters. The summed E-state index contributed by atoms with van der Waals surface area (Å²) in [6.45, 7) is 4.25. The maximum atomic E-state index is 10.7. The lowest BCUT2D eigenvalue weighted by Gasteiger charge is -2.31. The number of nitrogens with zero attached hydrogens (tertiary/aromatic N) is 5. The third kappa shape index (κ3) is 3.42. The van der Waals surface area contributed by atoms with Crippen molar-refractivity contribution in [3.8, 4) is 0 Å². The summed E-state index contributed by atoms with van der Waals surface area (Å²) < 4.78 is 2.33. The van der Waals surface area contributed by atoms with Crippen LogP contribution in [0.2, 0.25) is 0 Å². The van der Waals surface area contributed by atoms with Crippen LogP contribution >= 0.6 is 0 Å². The van der Waals surface area contributed by atoms with Crippen molar-refractivity contribution in [3.05, 3.63) is 51.6 Å². The average molecular weight is 341 g/mol. The van der Waals surface area contributed by atoms with E-state index in [1.54, 1.807) is 12.1 Å². The summed E-state index contributed by atoms with van der Waals surface area (Å²) in [5.41, 5.74) is 1.31. The molecular formula is C18H23N5O2. The number of aromatic nitrogens is 3. The Morgan fingerprint density at radius 1 is 1.12 bits per heavy atom. The van der Waals surface area contributed by atoms with Gasteiger partial charge in [-0.15, -0.1) is 10.2 Å². The normalized spacial score (nSPS) is 18.4. The van der Waals surface area contributed by atoms with Crippen molar-refractivity contribution in [2.75, 3.05) is 19.6 Å². The van der Waals surface area contributed by atoms with Gasteiger partial charge in [-0.2, -0.15) is 0 Å². The van der Waals surface area contributed by atoms with E-state index in [4.69, 9.17) is 0 Å². The Bertz CT molecular complexity index is 747. The second kappa shape index (κ2) is 6.92. The topological polar surface area (TPSA) is 77.1 Å². The van der Waals surface area contributed by atoms with Crippen LogP contribution in [0.5, 0.6) is 0 Å². The molecule has 7 heteroatoms. The first kappa shape index (κ1) is 16.2. The van der Waals surface area contributed by atoms with Crippen LogP contribution in [-0.4, -0.2) is 44.2 Å². The Morgan fingerprint density at radius 2 is 1.88 bits per heavy atom. The zero-order valence-electron chi connectivity index (χ0n) is 14.3. The molecule has 0 saturated carbocycles. The van der Waals surface area contributed by atoms with Gasteiger partial charge in [-0.1, -0.05) is 12.1 Å². The fraction of sp³-hybridized carbons (Fsp3) is 0.556. The molecule has 0 N–H and O–H groups in total. The van der Waals surface area contributed by atoms with Gasteiger partial charge < -0.3 is 9.47 Å². The summed E-state index contributed by atoms with van der Waals surface area (Å²) in [4.78, 5) is 12.8. The second-order valence-corrected chi connectivity index (χ2v) is 7.02. The van der Waals surface area contributed by atoms with Crippen molar-refractivity contribution in [1.29, 1.82) is 0 Å². The van der Waals surface area contributed by atoms with E-state index in [-0.39, 0.29) is 10.6 Å². The van der Waals surface area contributed by atoms with E-state index < -0.39 is 0 Å². The molecule has 1 aromatic carbocycles. The van der Waals surface area contributed by atoms with Gasteiger partial charge in [0.2, 0.25) is 0 Å². The van der Waals surface area contributed by atoms with Crippen molar-refractivity contribution in [3.63, 3.8) is 0 Å². The number of aryl methyl sites for hydroxylation is 1. The highest BCUT2D eigenvalue weighted by Crippen LogP contribution is 2.29. The molecule has 2 aromatic rings. The fourth-order valence-corrected chi connectivity index (χ4v) is 3.96. The Morgan fingerprint density at radius 3 is 2.60 bits per heavy atom. The van der Waals surface area contributed by atoms with Crippen molar-refractivity contribution >= 4 is 5.69 Å². The number of nitro groups is 1. The maximum absolute atomic E-state index is 10.7. The summed E-state index contributed by atoms with van der Waals surface area (Å²) in [7, 11) is 0. The Labute approximate surface area is 146 Å². The summed E-state index contributed by atoms with van der Waals surface area (Å²) in [6, 6.07) is 6.91. The highest BCUT2D eigenvalue weighted by atomic mass is 16.6. The molecule has 0 amide bonds. The van der Waals surface area contributed by atoms with Gasteiger partial charge >= 0.3 is 0 Å². The van der Waals surface area contributed by atoms with Gasteiger partial charge in [-0.3, -0.25) is 10.1 Å². The summed E-state index contributed by atoms with van der Waals surface area (Å²) in [6.07, 6.45) is 5.48. The van der Waals surface area contributed by atoms with Gasteiger partial charge in [-0.05, 0) is 44.3 Å². The first-order valence-electron chi connectivity index (χ1n) is 9.08. The van der Waals surface area contributed by atoms with Crippen molar-refractivity contribution in [2.45, 2.75) is 44.6 Å². The maximum Gasteiger partial charge on any atom is 0.269 e. The third-order valence-electron chi connectivity index (χ3n) is 5.45. The third-order valence-corrected chi connectivity index (χ3v) is 5.45. The van der Waals surface area contributed by atoms with Crippen LogP contribution in [0.4, 0.5) is 5.69 Å². The van der Waals surface area contributed by atoms with Crippen molar-refractivity contribution in [2.24, 2.45) is 0 Å². The summed E-state index contributed by atoms with van der Waals surface area (Å²) >= 11 is 0. The highest BCUT2D eigenvalue weighted by Gasteiger charge is 2.27. The van der Waals surface area contributed by atoms with E-state index in [2.05, 4.69) is 19.7 Å². The molecule has 3 heterocycles. The predicted octanol–water partition coefficient (Wildman–Crippen LogP) is 2.55. The second-order valence-electron chi connectivity index (χ2n) is 7.02. The molecule has 4 rings (SSSR count). The van der Waals surface area contributed by atoms with Crippen molar-refractivity contribution in [1.82, 2.24) is 19.7 Å². The molecule has 0 atom stereocenters. The van der Waals surface area contributed by atoms with Crippen LogP contribution in [0.25, 0.3) is 0 Å². The zero-order chi connectivity index (χ0) is 17.2. The average Bonchev–Trinajstić information content (AvgIpc) is 3.24. The zero-order valence-corrected chi connectivity index (χ0v) is 14.3. The molecule has 132 valence electrons. The molecule has 1 fully saturated rings. The minimum atomic E-state index is -0.351. The van der Waals surface area contributed by atoms with Gasteiger partial charge in [0, 0.05) is 37.6 Å². The van der Waals surface area contributed by atoms with Crippen LogP contribution in [0.3, 0.4) is 0 Å². The number of likely N-dealkylation sites (tertiary alicyclic amines) is 1. The molecule has 2 aliphatic heterocycles. The monoisotopic (exact) mass is 341 g/mol. The lowest BCUT2D eigenvalue weighted by Crippen LogP contribution is -2.35. The van der Waals surface area contributed by atoms with Crippen LogP contribution in [0.15, 0.2) is 24.3 Å². The number of fused-ring (bicyclic) bond motifs is 1. The lowest BCUT2D eigenvalue weighted by molar-refractivity contribution is -0.384. The minimum Gasteiger partial charge on any atom is -0.315 e. The SMILES string of the molecule is O=[N+]([O-])c1ccc(CCN2CCC(c3nnc4n3CCC4)CC2)cc1. The molecule has 7 nitrogen and oxygen atoms in total. The van der Waals surface area contributed by atoms with Crippen LogP contribution in [-0.2, 0) is 19.4 Å². The van der Waals surface area contributed by atoms with Crippen LogP contribution in [0, 0.1) is 10.1 Å². The lowest BCUT2D eigenvalue weighted by atomic mass is 9.95. The van der Waals surface area contributed by atoms with Gasteiger partial charge in [-0.25, -0.2) is 0 Å². The Balaban J connectivity index is 1.28. The quantitative estimate of drug-likeness (QED) is 0.617. The van der Waals surface area contributed by atoms with Gasteiger partial charge in [0.1, 0.15) is 11.6 Å². The Kier molecular flexibility index (Phi) is 4.48. The number of benzene rings is 1. The molecule has 25 heavy (non-hydrogen) atoms. The number of hydrogen-bond donors (Lipinski definition) is 0. The largest absolute Gasteiger partial charge is 0.315 e. The van der Waals surface area contributed by atoms with E-state index >= 15 is 0 Å². The van der Waals surface area contributed by atoms with E-state index in [1.807, 2.05) is 12.1 Å². The van der Waals surface area contributed by atoms with E-state index in [0.29, 0.717) is 5.92 Å². The molecular weight excluding hydrogens is 318 g/mol. The highest BCUT2D eigenvalue weighted by molar-refractivity contribution is 5.32. The first-order chi connectivity index (χ1) is 12.2. The van der Waals surface area contributed by atoms with Crippen LogP contribution in [0.1, 0.15) is 42.4 Å². The molecule has 0 bridgehead atoms. The molecule has 1 aromatic heterocycles. The molecule has 0 radical (unpaired) electrons. The fourth-order valence-electron chi connectivity index (χ4n) is 3.96. The molecule has 0 spiro atoms. The summed E-state index contributed by atoms with van der Waals surface area (Å²) in [5.74, 6) is 2.90.